The highest BCUT2D eigenvalue weighted by molar-refractivity contribution is 5.49. The van der Waals surface area contributed by atoms with Gasteiger partial charge in [0.15, 0.2) is 0 Å². The molecule has 0 aliphatic heterocycles. The molecule has 1 aromatic rings. The van der Waals surface area contributed by atoms with Crippen LogP contribution in [0.1, 0.15) is 82.3 Å². The van der Waals surface area contributed by atoms with Gasteiger partial charge in [-0.3, -0.25) is 0 Å². The Balaban J connectivity index is 1.37. The minimum Gasteiger partial charge on any atom is -0.378 e. The molecule has 0 aromatic heterocycles. The third-order valence-corrected chi connectivity index (χ3v) is 7.37. The zero-order valence-corrected chi connectivity index (χ0v) is 19.2. The average molecular weight is 431 g/mol. The van der Waals surface area contributed by atoms with E-state index in [0.717, 1.165) is 51.4 Å². The molecule has 1 nitrogen and oxygen atoms in total. The summed E-state index contributed by atoms with van der Waals surface area (Å²) in [6.45, 7) is 6.20. The van der Waals surface area contributed by atoms with Crippen LogP contribution in [0, 0.1) is 17.8 Å². The Hall–Kier alpha value is -1.48. The smallest absolute Gasteiger partial charge is 0.253 e. The van der Waals surface area contributed by atoms with E-state index in [2.05, 4.69) is 43.0 Å². The zero-order valence-electron chi connectivity index (χ0n) is 19.2. The van der Waals surface area contributed by atoms with Crippen molar-refractivity contribution in [2.75, 3.05) is 6.61 Å². The predicted octanol–water partition coefficient (Wildman–Crippen LogP) is 8.25. The summed E-state index contributed by atoms with van der Waals surface area (Å²) >= 11 is 0. The van der Waals surface area contributed by atoms with Gasteiger partial charge in [0.2, 0.25) is 0 Å². The van der Waals surface area contributed by atoms with Crippen molar-refractivity contribution in [1.82, 2.24) is 0 Å². The molecule has 1 aromatic carbocycles. The number of hydrogen-bond acceptors (Lipinski definition) is 1. The Labute approximate surface area is 188 Å². The summed E-state index contributed by atoms with van der Waals surface area (Å²) in [6, 6.07) is 8.76. The van der Waals surface area contributed by atoms with Crippen molar-refractivity contribution in [2.24, 2.45) is 17.8 Å². The molecule has 172 valence electrons. The Morgan fingerprint density at radius 1 is 1.03 bits per heavy atom. The molecule has 2 aliphatic rings. The largest absolute Gasteiger partial charge is 0.378 e. The number of halogens is 2. The van der Waals surface area contributed by atoms with Gasteiger partial charge in [0, 0.05) is 18.9 Å². The zero-order chi connectivity index (χ0) is 22.1. The molecule has 0 spiro atoms. The van der Waals surface area contributed by atoms with Crippen molar-refractivity contribution < 1.29 is 13.5 Å². The highest BCUT2D eigenvalue weighted by atomic mass is 19.3. The summed E-state index contributed by atoms with van der Waals surface area (Å²) in [5.74, 6) is -2.10. The molecule has 2 fully saturated rings. The average Bonchev–Trinajstić information content (AvgIpc) is 2.76. The molecule has 2 aliphatic carbocycles. The van der Waals surface area contributed by atoms with Gasteiger partial charge in [-0.15, -0.1) is 6.58 Å². The Bertz CT molecular complexity index is 685. The quantitative estimate of drug-likeness (QED) is 0.340. The molecule has 0 amide bonds. The van der Waals surface area contributed by atoms with E-state index in [1.54, 1.807) is 0 Å². The van der Waals surface area contributed by atoms with E-state index in [9.17, 15) is 8.78 Å². The van der Waals surface area contributed by atoms with Gasteiger partial charge >= 0.3 is 0 Å². The van der Waals surface area contributed by atoms with E-state index in [-0.39, 0.29) is 18.4 Å². The minimum atomic E-state index is -2.56. The standard InChI is InChI=1S/C28H40F2O/c1-3-5-8-22-11-13-23(14-12-22)9-6-7-10-24-15-17-25(18-16-24)27-20-19-26(31-4-2)21-28(27,29)30/h3,6,9,11-14,24-27H,1,4-5,7-8,10,15-21H2,2H3/b9-6+. The van der Waals surface area contributed by atoms with Gasteiger partial charge in [0.05, 0.1) is 6.10 Å². The first-order valence-corrected chi connectivity index (χ1v) is 12.4. The number of rotatable bonds is 10. The van der Waals surface area contributed by atoms with Gasteiger partial charge in [0.25, 0.3) is 5.92 Å². The van der Waals surface area contributed by atoms with Crippen LogP contribution in [-0.2, 0) is 11.2 Å². The van der Waals surface area contributed by atoms with Crippen molar-refractivity contribution in [3.8, 4) is 0 Å². The second-order valence-corrected chi connectivity index (χ2v) is 9.56. The third-order valence-electron chi connectivity index (χ3n) is 7.37. The van der Waals surface area contributed by atoms with Crippen LogP contribution in [0.4, 0.5) is 8.78 Å². The van der Waals surface area contributed by atoms with Crippen LogP contribution in [0.2, 0.25) is 0 Å². The summed E-state index contributed by atoms with van der Waals surface area (Å²) in [6.07, 6.45) is 16.0. The lowest BCUT2D eigenvalue weighted by molar-refractivity contribution is -0.152. The van der Waals surface area contributed by atoms with Gasteiger partial charge in [-0.2, -0.15) is 0 Å². The van der Waals surface area contributed by atoms with Gasteiger partial charge in [-0.25, -0.2) is 8.78 Å². The molecule has 0 radical (unpaired) electrons. The first-order valence-electron chi connectivity index (χ1n) is 12.4. The SMILES string of the molecule is C=CCCc1ccc(/C=C/CCC2CCC(C3CCC(OCC)CC3(F)F)CC2)cc1. The molecular weight excluding hydrogens is 390 g/mol. The minimum absolute atomic E-state index is 0.0779. The Morgan fingerprint density at radius 3 is 2.42 bits per heavy atom. The lowest BCUT2D eigenvalue weighted by Crippen LogP contribution is -2.43. The number of ether oxygens (including phenoxy) is 1. The summed E-state index contributed by atoms with van der Waals surface area (Å²) in [5, 5.41) is 0. The van der Waals surface area contributed by atoms with Crippen molar-refractivity contribution in [3.05, 3.63) is 54.1 Å². The van der Waals surface area contributed by atoms with E-state index in [4.69, 9.17) is 4.74 Å². The molecule has 2 atom stereocenters. The first-order chi connectivity index (χ1) is 15.0. The maximum Gasteiger partial charge on any atom is 0.253 e. The first kappa shape index (κ1) is 24.2. The lowest BCUT2D eigenvalue weighted by Gasteiger charge is -2.42. The number of hydrogen-bond donors (Lipinski definition) is 0. The van der Waals surface area contributed by atoms with Gasteiger partial charge in [-0.1, -0.05) is 55.3 Å². The van der Waals surface area contributed by atoms with Crippen LogP contribution in [-0.4, -0.2) is 18.6 Å². The summed E-state index contributed by atoms with van der Waals surface area (Å²) in [7, 11) is 0. The maximum atomic E-state index is 14.7. The topological polar surface area (TPSA) is 9.23 Å². The number of allylic oxidation sites excluding steroid dienone is 2. The Morgan fingerprint density at radius 2 is 1.77 bits per heavy atom. The van der Waals surface area contributed by atoms with Crippen molar-refractivity contribution >= 4 is 6.08 Å². The fourth-order valence-electron chi connectivity index (χ4n) is 5.59. The van der Waals surface area contributed by atoms with Crippen molar-refractivity contribution in [3.63, 3.8) is 0 Å². The summed E-state index contributed by atoms with van der Waals surface area (Å²) in [5.41, 5.74) is 2.60. The molecule has 3 heteroatoms. The van der Waals surface area contributed by atoms with Gasteiger partial charge < -0.3 is 4.74 Å². The van der Waals surface area contributed by atoms with Crippen LogP contribution in [0.3, 0.4) is 0 Å². The van der Waals surface area contributed by atoms with Gasteiger partial charge in [-0.05, 0) is 81.3 Å². The predicted molar refractivity (Wildman–Crippen MR) is 126 cm³/mol. The van der Waals surface area contributed by atoms with Crippen molar-refractivity contribution in [1.29, 1.82) is 0 Å². The monoisotopic (exact) mass is 430 g/mol. The Kier molecular flexibility index (Phi) is 9.31. The fraction of sp³-hybridized carbons (Fsp3) is 0.643. The molecule has 31 heavy (non-hydrogen) atoms. The van der Waals surface area contributed by atoms with Crippen molar-refractivity contribution in [2.45, 2.75) is 89.6 Å². The fourth-order valence-corrected chi connectivity index (χ4v) is 5.59. The van der Waals surface area contributed by atoms with E-state index in [0.29, 0.717) is 18.9 Å². The molecule has 0 heterocycles. The van der Waals surface area contributed by atoms with E-state index >= 15 is 0 Å². The van der Waals surface area contributed by atoms with Crippen LogP contribution in [0.15, 0.2) is 43.0 Å². The van der Waals surface area contributed by atoms with Crippen LogP contribution < -0.4 is 0 Å². The van der Waals surface area contributed by atoms with E-state index < -0.39 is 11.8 Å². The molecule has 0 saturated heterocycles. The second kappa shape index (κ2) is 11.9. The number of aryl methyl sites for hydroxylation is 1. The van der Waals surface area contributed by atoms with Crippen LogP contribution in [0.5, 0.6) is 0 Å². The molecule has 2 unspecified atom stereocenters. The molecule has 0 bridgehead atoms. The molecule has 3 rings (SSSR count). The lowest BCUT2D eigenvalue weighted by atomic mass is 9.68. The van der Waals surface area contributed by atoms with Gasteiger partial charge in [0.1, 0.15) is 0 Å². The van der Waals surface area contributed by atoms with Crippen LogP contribution >= 0.6 is 0 Å². The number of alkyl halides is 2. The number of benzene rings is 1. The van der Waals surface area contributed by atoms with Crippen LogP contribution in [0.25, 0.3) is 6.08 Å². The third kappa shape index (κ3) is 7.27. The molecule has 0 N–H and O–H groups in total. The molecular formula is C28H40F2O. The maximum absolute atomic E-state index is 14.7. The normalized spacial score (nSPS) is 28.6. The highest BCUT2D eigenvalue weighted by Gasteiger charge is 2.49. The molecule has 2 saturated carbocycles. The highest BCUT2D eigenvalue weighted by Crippen LogP contribution is 2.48. The van der Waals surface area contributed by atoms with E-state index in [1.165, 1.54) is 17.5 Å². The van der Waals surface area contributed by atoms with E-state index in [1.807, 2.05) is 13.0 Å². The summed E-state index contributed by atoms with van der Waals surface area (Å²) < 4.78 is 34.9. The second-order valence-electron chi connectivity index (χ2n) is 9.56. The summed E-state index contributed by atoms with van der Waals surface area (Å²) in [4.78, 5) is 0.